The molecular formula is C11H15FN2O3. The summed E-state index contributed by atoms with van der Waals surface area (Å²) in [5, 5.41) is 22.7. The molecule has 0 heterocycles. The monoisotopic (exact) mass is 242 g/mol. The highest BCUT2D eigenvalue weighted by Gasteiger charge is 2.21. The first kappa shape index (κ1) is 13.4. The van der Waals surface area contributed by atoms with Crippen molar-refractivity contribution in [1.82, 2.24) is 0 Å². The van der Waals surface area contributed by atoms with Crippen LogP contribution < -0.4 is 5.32 Å². The van der Waals surface area contributed by atoms with Crippen molar-refractivity contribution in [2.45, 2.75) is 25.8 Å². The van der Waals surface area contributed by atoms with Crippen LogP contribution in [-0.2, 0) is 0 Å². The third-order valence-corrected chi connectivity index (χ3v) is 2.67. The van der Waals surface area contributed by atoms with Crippen LogP contribution in [0, 0.1) is 15.9 Å². The summed E-state index contributed by atoms with van der Waals surface area (Å²) in [6, 6.07) is 3.26. The van der Waals surface area contributed by atoms with E-state index in [2.05, 4.69) is 5.32 Å². The molecule has 0 aliphatic rings. The SMILES string of the molecule is CCC(C)(CO)Nc1cc(F)cc([N+](=O)[O-])c1. The number of rotatable bonds is 5. The Kier molecular flexibility index (Phi) is 4.01. The molecule has 6 heteroatoms. The minimum atomic E-state index is -0.682. The predicted octanol–water partition coefficient (Wildman–Crippen LogP) is 2.31. The molecule has 5 nitrogen and oxygen atoms in total. The van der Waals surface area contributed by atoms with Gasteiger partial charge in [0.05, 0.1) is 23.1 Å². The fourth-order valence-electron chi connectivity index (χ4n) is 1.34. The zero-order chi connectivity index (χ0) is 13.1. The Balaban J connectivity index is 3.02. The number of anilines is 1. The lowest BCUT2D eigenvalue weighted by molar-refractivity contribution is -0.385. The van der Waals surface area contributed by atoms with E-state index in [1.54, 1.807) is 6.92 Å². The molecule has 94 valence electrons. The minimum absolute atomic E-state index is 0.145. The maximum absolute atomic E-state index is 13.2. The topological polar surface area (TPSA) is 75.4 Å². The summed E-state index contributed by atoms with van der Waals surface area (Å²) in [7, 11) is 0. The van der Waals surface area contributed by atoms with Crippen molar-refractivity contribution in [2.24, 2.45) is 0 Å². The highest BCUT2D eigenvalue weighted by atomic mass is 19.1. The molecule has 17 heavy (non-hydrogen) atoms. The number of hydrogen-bond acceptors (Lipinski definition) is 4. The summed E-state index contributed by atoms with van der Waals surface area (Å²) in [6.07, 6.45) is 0.605. The normalized spacial score (nSPS) is 14.1. The van der Waals surface area contributed by atoms with Crippen molar-refractivity contribution in [3.63, 3.8) is 0 Å². The lowest BCUT2D eigenvalue weighted by Gasteiger charge is -2.28. The van der Waals surface area contributed by atoms with Gasteiger partial charge in [0.1, 0.15) is 5.82 Å². The molecule has 1 unspecified atom stereocenters. The van der Waals surface area contributed by atoms with E-state index in [-0.39, 0.29) is 18.0 Å². The molecule has 0 fully saturated rings. The summed E-state index contributed by atoms with van der Waals surface area (Å²) < 4.78 is 13.2. The number of non-ortho nitro benzene ring substituents is 1. The van der Waals surface area contributed by atoms with Gasteiger partial charge in [-0.05, 0) is 19.4 Å². The van der Waals surface area contributed by atoms with E-state index in [1.165, 1.54) is 6.07 Å². The van der Waals surface area contributed by atoms with Crippen LogP contribution >= 0.6 is 0 Å². The molecule has 0 aliphatic heterocycles. The van der Waals surface area contributed by atoms with Gasteiger partial charge < -0.3 is 10.4 Å². The first-order valence-corrected chi connectivity index (χ1v) is 5.24. The van der Waals surface area contributed by atoms with Gasteiger partial charge in [0.25, 0.3) is 5.69 Å². The van der Waals surface area contributed by atoms with Crippen molar-refractivity contribution in [1.29, 1.82) is 0 Å². The highest BCUT2D eigenvalue weighted by Crippen LogP contribution is 2.24. The molecule has 0 aliphatic carbocycles. The van der Waals surface area contributed by atoms with Gasteiger partial charge in [-0.3, -0.25) is 10.1 Å². The molecule has 0 aromatic heterocycles. The van der Waals surface area contributed by atoms with Crippen molar-refractivity contribution < 1.29 is 14.4 Å². The molecule has 1 rings (SSSR count). The van der Waals surface area contributed by atoms with Gasteiger partial charge in [-0.2, -0.15) is 0 Å². The van der Waals surface area contributed by atoms with Crippen molar-refractivity contribution >= 4 is 11.4 Å². The zero-order valence-corrected chi connectivity index (χ0v) is 9.74. The summed E-state index contributed by atoms with van der Waals surface area (Å²) in [5.41, 5.74) is -0.652. The third kappa shape index (κ3) is 3.39. The molecule has 0 amide bonds. The number of benzene rings is 1. The van der Waals surface area contributed by atoms with Crippen LogP contribution in [0.5, 0.6) is 0 Å². The lowest BCUT2D eigenvalue weighted by Crippen LogP contribution is -2.37. The van der Waals surface area contributed by atoms with Crippen LogP contribution in [0.1, 0.15) is 20.3 Å². The van der Waals surface area contributed by atoms with Gasteiger partial charge in [-0.15, -0.1) is 0 Å². The first-order valence-electron chi connectivity index (χ1n) is 5.24. The molecule has 1 aromatic rings. The Morgan fingerprint density at radius 3 is 2.65 bits per heavy atom. The molecule has 1 atom stereocenters. The molecule has 2 N–H and O–H groups in total. The molecule has 1 aromatic carbocycles. The fraction of sp³-hybridized carbons (Fsp3) is 0.455. The number of nitrogens with zero attached hydrogens (tertiary/aromatic N) is 1. The van der Waals surface area contributed by atoms with E-state index in [9.17, 15) is 19.6 Å². The van der Waals surface area contributed by atoms with E-state index in [4.69, 9.17) is 0 Å². The van der Waals surface area contributed by atoms with Gasteiger partial charge in [0.2, 0.25) is 0 Å². The average Bonchev–Trinajstić information content (AvgIpc) is 2.28. The van der Waals surface area contributed by atoms with E-state index >= 15 is 0 Å². The maximum atomic E-state index is 13.2. The smallest absolute Gasteiger partial charge is 0.274 e. The standard InChI is InChI=1S/C11H15FN2O3/c1-3-11(2,7-15)13-9-4-8(12)5-10(6-9)14(16)17/h4-6,13,15H,3,7H2,1-2H3. The second kappa shape index (κ2) is 5.09. The molecule has 0 saturated heterocycles. The largest absolute Gasteiger partial charge is 0.394 e. The predicted molar refractivity (Wildman–Crippen MR) is 62.5 cm³/mol. The minimum Gasteiger partial charge on any atom is -0.394 e. The van der Waals surface area contributed by atoms with Crippen molar-refractivity contribution in [3.05, 3.63) is 34.1 Å². The van der Waals surface area contributed by atoms with Crippen LogP contribution in [0.25, 0.3) is 0 Å². The van der Waals surface area contributed by atoms with Gasteiger partial charge in [-0.1, -0.05) is 6.92 Å². The highest BCUT2D eigenvalue weighted by molar-refractivity contribution is 5.53. The number of aliphatic hydroxyl groups is 1. The fourth-order valence-corrected chi connectivity index (χ4v) is 1.34. The van der Waals surface area contributed by atoms with Crippen molar-refractivity contribution in [2.75, 3.05) is 11.9 Å². The second-order valence-electron chi connectivity index (χ2n) is 4.15. The Morgan fingerprint density at radius 2 is 2.18 bits per heavy atom. The molecule has 0 bridgehead atoms. The zero-order valence-electron chi connectivity index (χ0n) is 9.74. The molecule has 0 radical (unpaired) electrons. The first-order chi connectivity index (χ1) is 7.90. The van der Waals surface area contributed by atoms with Crippen LogP contribution in [0.15, 0.2) is 18.2 Å². The number of nitro benzene ring substituents is 1. The van der Waals surface area contributed by atoms with Gasteiger partial charge >= 0.3 is 0 Å². The van der Waals surface area contributed by atoms with E-state index in [0.29, 0.717) is 6.42 Å². The Morgan fingerprint density at radius 1 is 1.53 bits per heavy atom. The number of nitro groups is 1. The molecule has 0 saturated carbocycles. The Hall–Kier alpha value is -1.69. The van der Waals surface area contributed by atoms with Gasteiger partial charge in [0.15, 0.2) is 0 Å². The van der Waals surface area contributed by atoms with Gasteiger partial charge in [0, 0.05) is 11.8 Å². The third-order valence-electron chi connectivity index (χ3n) is 2.67. The Bertz CT molecular complexity index is 419. The number of aliphatic hydroxyl groups excluding tert-OH is 1. The lowest BCUT2D eigenvalue weighted by atomic mass is 10.00. The maximum Gasteiger partial charge on any atom is 0.274 e. The summed E-state index contributed by atoms with van der Waals surface area (Å²) in [4.78, 5) is 9.92. The summed E-state index contributed by atoms with van der Waals surface area (Å²) >= 11 is 0. The molecular weight excluding hydrogens is 227 g/mol. The summed E-state index contributed by atoms with van der Waals surface area (Å²) in [5.74, 6) is -0.682. The average molecular weight is 242 g/mol. The number of hydrogen-bond donors (Lipinski definition) is 2. The number of halogens is 1. The van der Waals surface area contributed by atoms with E-state index < -0.39 is 16.3 Å². The van der Waals surface area contributed by atoms with E-state index in [0.717, 1.165) is 12.1 Å². The quantitative estimate of drug-likeness (QED) is 0.613. The summed E-state index contributed by atoms with van der Waals surface area (Å²) in [6.45, 7) is 3.47. The van der Waals surface area contributed by atoms with Crippen molar-refractivity contribution in [3.8, 4) is 0 Å². The second-order valence-corrected chi connectivity index (χ2v) is 4.15. The van der Waals surface area contributed by atoms with Crippen LogP contribution in [0.3, 0.4) is 0 Å². The van der Waals surface area contributed by atoms with Crippen LogP contribution in [-0.4, -0.2) is 22.2 Å². The number of nitrogens with one attached hydrogen (secondary N) is 1. The van der Waals surface area contributed by atoms with Crippen LogP contribution in [0.2, 0.25) is 0 Å². The van der Waals surface area contributed by atoms with Crippen LogP contribution in [0.4, 0.5) is 15.8 Å². The molecule has 0 spiro atoms. The Labute approximate surface area is 98.4 Å². The van der Waals surface area contributed by atoms with E-state index in [1.807, 2.05) is 6.92 Å². The van der Waals surface area contributed by atoms with Gasteiger partial charge in [-0.25, -0.2) is 4.39 Å².